The summed E-state index contributed by atoms with van der Waals surface area (Å²) in [7, 11) is 5.48. The fraction of sp³-hybridized carbons (Fsp3) is 0.500. The van der Waals surface area contributed by atoms with Gasteiger partial charge < -0.3 is 14.5 Å². The van der Waals surface area contributed by atoms with Crippen LogP contribution < -0.4 is 9.80 Å². The molecule has 0 bridgehead atoms. The Morgan fingerprint density at radius 2 is 2.00 bits per heavy atom. The minimum absolute atomic E-state index is 0.125. The first kappa shape index (κ1) is 12.7. The fourth-order valence-corrected chi connectivity index (χ4v) is 2.40. The monoisotopic (exact) mass is 248 g/mol. The van der Waals surface area contributed by atoms with Crippen LogP contribution in [0.3, 0.4) is 0 Å². The van der Waals surface area contributed by atoms with Crippen LogP contribution in [0.1, 0.15) is 12.8 Å². The maximum absolute atomic E-state index is 11.7. The van der Waals surface area contributed by atoms with E-state index in [9.17, 15) is 4.79 Å². The van der Waals surface area contributed by atoms with Gasteiger partial charge in [0.25, 0.3) is 0 Å². The Kier molecular flexibility index (Phi) is 3.75. The van der Waals surface area contributed by atoms with E-state index < -0.39 is 0 Å². The Hall–Kier alpha value is -1.71. The van der Waals surface area contributed by atoms with Crippen molar-refractivity contribution in [2.75, 3.05) is 37.5 Å². The minimum atomic E-state index is -0.135. The normalized spacial score (nSPS) is 18.8. The van der Waals surface area contributed by atoms with Crippen molar-refractivity contribution in [3.8, 4) is 0 Å². The molecule has 0 radical (unpaired) electrons. The molecule has 1 saturated heterocycles. The molecule has 1 atom stereocenters. The summed E-state index contributed by atoms with van der Waals surface area (Å²) in [5.41, 5.74) is 2.25. The molecule has 98 valence electrons. The average Bonchev–Trinajstić information content (AvgIpc) is 2.87. The summed E-state index contributed by atoms with van der Waals surface area (Å²) in [6.07, 6.45) is 1.91. The van der Waals surface area contributed by atoms with Crippen LogP contribution >= 0.6 is 0 Å². The smallest absolute Gasteiger partial charge is 0.328 e. The van der Waals surface area contributed by atoms with Crippen molar-refractivity contribution in [3.63, 3.8) is 0 Å². The van der Waals surface area contributed by atoms with Crippen LogP contribution in [0.4, 0.5) is 11.4 Å². The molecule has 1 heterocycles. The molecule has 1 aromatic carbocycles. The lowest BCUT2D eigenvalue weighted by Gasteiger charge is -2.25. The van der Waals surface area contributed by atoms with E-state index in [1.165, 1.54) is 7.11 Å². The van der Waals surface area contributed by atoms with Crippen molar-refractivity contribution in [2.45, 2.75) is 18.9 Å². The molecule has 0 aromatic heterocycles. The first-order valence-corrected chi connectivity index (χ1v) is 6.25. The number of rotatable bonds is 3. The number of ether oxygens (including phenoxy) is 1. The topological polar surface area (TPSA) is 32.8 Å². The van der Waals surface area contributed by atoms with Crippen molar-refractivity contribution < 1.29 is 9.53 Å². The van der Waals surface area contributed by atoms with Gasteiger partial charge in [-0.05, 0) is 37.1 Å². The highest BCUT2D eigenvalue weighted by molar-refractivity contribution is 5.81. The zero-order chi connectivity index (χ0) is 13.1. The zero-order valence-electron chi connectivity index (χ0n) is 11.2. The van der Waals surface area contributed by atoms with Crippen molar-refractivity contribution in [1.82, 2.24) is 0 Å². The van der Waals surface area contributed by atoms with Gasteiger partial charge in [-0.25, -0.2) is 4.79 Å². The van der Waals surface area contributed by atoms with Crippen LogP contribution in [0.2, 0.25) is 0 Å². The predicted molar refractivity (Wildman–Crippen MR) is 73.2 cm³/mol. The third kappa shape index (κ3) is 2.42. The summed E-state index contributed by atoms with van der Waals surface area (Å²) in [6.45, 7) is 0.918. The van der Waals surface area contributed by atoms with E-state index in [1.54, 1.807) is 0 Å². The quantitative estimate of drug-likeness (QED) is 0.765. The number of carbonyl (C=O) groups is 1. The molecule has 2 rings (SSSR count). The largest absolute Gasteiger partial charge is 0.467 e. The molecule has 0 aliphatic carbocycles. The predicted octanol–water partition coefficient (Wildman–Crippen LogP) is 1.89. The Labute approximate surface area is 108 Å². The standard InChI is InChI=1S/C14H20N2O2/c1-15(2)11-6-8-12(9-7-11)16-10-4-5-13(16)14(17)18-3/h6-9,13H,4-5,10H2,1-3H3. The first-order valence-electron chi connectivity index (χ1n) is 6.25. The average molecular weight is 248 g/mol. The molecule has 1 aliphatic heterocycles. The highest BCUT2D eigenvalue weighted by atomic mass is 16.5. The molecule has 1 aromatic rings. The summed E-state index contributed by atoms with van der Waals surface area (Å²) >= 11 is 0. The van der Waals surface area contributed by atoms with Gasteiger partial charge >= 0.3 is 5.97 Å². The van der Waals surface area contributed by atoms with Crippen molar-refractivity contribution in [3.05, 3.63) is 24.3 Å². The van der Waals surface area contributed by atoms with Crippen LogP contribution in [0.5, 0.6) is 0 Å². The van der Waals surface area contributed by atoms with Crippen molar-refractivity contribution in [1.29, 1.82) is 0 Å². The summed E-state index contributed by atoms with van der Waals surface area (Å²) in [6, 6.07) is 8.15. The lowest BCUT2D eigenvalue weighted by Crippen LogP contribution is -2.36. The van der Waals surface area contributed by atoms with Gasteiger partial charge in [0, 0.05) is 32.0 Å². The second-order valence-electron chi connectivity index (χ2n) is 4.79. The number of esters is 1. The summed E-state index contributed by atoms with van der Waals surface area (Å²) < 4.78 is 4.86. The van der Waals surface area contributed by atoms with Gasteiger partial charge in [0.1, 0.15) is 6.04 Å². The fourth-order valence-electron chi connectivity index (χ4n) is 2.40. The number of hydrogen-bond donors (Lipinski definition) is 0. The second-order valence-corrected chi connectivity index (χ2v) is 4.79. The Bertz CT molecular complexity index is 414. The molecule has 18 heavy (non-hydrogen) atoms. The number of nitrogens with zero attached hydrogens (tertiary/aromatic N) is 2. The number of benzene rings is 1. The molecular weight excluding hydrogens is 228 g/mol. The second kappa shape index (κ2) is 5.29. The van der Waals surface area contributed by atoms with Gasteiger partial charge in [-0.1, -0.05) is 0 Å². The van der Waals surface area contributed by atoms with Gasteiger partial charge in [-0.2, -0.15) is 0 Å². The SMILES string of the molecule is COC(=O)C1CCCN1c1ccc(N(C)C)cc1. The van der Waals surface area contributed by atoms with E-state index in [2.05, 4.69) is 34.1 Å². The van der Waals surface area contributed by atoms with E-state index >= 15 is 0 Å². The molecule has 0 amide bonds. The van der Waals surface area contributed by atoms with E-state index in [0.29, 0.717) is 0 Å². The van der Waals surface area contributed by atoms with E-state index in [1.807, 2.05) is 14.1 Å². The first-order chi connectivity index (χ1) is 8.63. The van der Waals surface area contributed by atoms with Crippen LogP contribution in [-0.4, -0.2) is 39.8 Å². The molecular formula is C14H20N2O2. The van der Waals surface area contributed by atoms with Crippen LogP contribution in [0.15, 0.2) is 24.3 Å². The van der Waals surface area contributed by atoms with Crippen LogP contribution in [-0.2, 0) is 9.53 Å². The Morgan fingerprint density at radius 1 is 1.33 bits per heavy atom. The van der Waals surface area contributed by atoms with Crippen LogP contribution in [0, 0.1) is 0 Å². The molecule has 1 unspecified atom stereocenters. The number of hydrogen-bond acceptors (Lipinski definition) is 4. The number of anilines is 2. The molecule has 0 spiro atoms. The van der Waals surface area contributed by atoms with Gasteiger partial charge in [0.2, 0.25) is 0 Å². The third-order valence-electron chi connectivity index (χ3n) is 3.42. The Balaban J connectivity index is 2.17. The highest BCUT2D eigenvalue weighted by Gasteiger charge is 2.31. The molecule has 1 fully saturated rings. The number of carbonyl (C=O) groups excluding carboxylic acids is 1. The van der Waals surface area contributed by atoms with Crippen LogP contribution in [0.25, 0.3) is 0 Å². The zero-order valence-corrected chi connectivity index (χ0v) is 11.2. The van der Waals surface area contributed by atoms with E-state index in [4.69, 9.17) is 4.74 Å². The summed E-state index contributed by atoms with van der Waals surface area (Å²) in [5.74, 6) is -0.135. The maximum atomic E-state index is 11.7. The molecule has 1 aliphatic rings. The van der Waals surface area contributed by atoms with Gasteiger partial charge in [0.05, 0.1) is 7.11 Å². The molecule has 0 N–H and O–H groups in total. The van der Waals surface area contributed by atoms with E-state index in [0.717, 1.165) is 30.8 Å². The summed E-state index contributed by atoms with van der Waals surface area (Å²) in [4.78, 5) is 15.9. The van der Waals surface area contributed by atoms with Gasteiger partial charge in [0.15, 0.2) is 0 Å². The minimum Gasteiger partial charge on any atom is -0.467 e. The molecule has 0 saturated carbocycles. The number of methoxy groups -OCH3 is 1. The van der Waals surface area contributed by atoms with Gasteiger partial charge in [-0.3, -0.25) is 0 Å². The van der Waals surface area contributed by atoms with E-state index in [-0.39, 0.29) is 12.0 Å². The lowest BCUT2D eigenvalue weighted by atomic mass is 10.2. The highest BCUT2D eigenvalue weighted by Crippen LogP contribution is 2.27. The summed E-state index contributed by atoms with van der Waals surface area (Å²) in [5, 5.41) is 0. The van der Waals surface area contributed by atoms with Gasteiger partial charge in [-0.15, -0.1) is 0 Å². The third-order valence-corrected chi connectivity index (χ3v) is 3.42. The molecule has 4 heteroatoms. The van der Waals surface area contributed by atoms with Crippen molar-refractivity contribution >= 4 is 17.3 Å². The Morgan fingerprint density at radius 3 is 2.56 bits per heavy atom. The van der Waals surface area contributed by atoms with Crippen molar-refractivity contribution in [2.24, 2.45) is 0 Å². The lowest BCUT2D eigenvalue weighted by molar-refractivity contribution is -0.141. The maximum Gasteiger partial charge on any atom is 0.328 e. The molecule has 4 nitrogen and oxygen atoms in total.